The fraction of sp³-hybridized carbons (Fsp3) is 0.688. The van der Waals surface area contributed by atoms with Gasteiger partial charge in [-0.15, -0.1) is 0 Å². The summed E-state index contributed by atoms with van der Waals surface area (Å²) < 4.78 is 0. The summed E-state index contributed by atoms with van der Waals surface area (Å²) >= 11 is 0. The maximum Gasteiger partial charge on any atom is 0.322 e. The summed E-state index contributed by atoms with van der Waals surface area (Å²) in [6, 6.07) is -3.20. The maximum absolute atomic E-state index is 12.5. The Kier molecular flexibility index (Phi) is 10.0. The van der Waals surface area contributed by atoms with Crippen LogP contribution in [0.15, 0.2) is 0 Å². The minimum Gasteiger partial charge on any atom is -0.480 e. The summed E-state index contributed by atoms with van der Waals surface area (Å²) in [7, 11) is 0. The van der Waals surface area contributed by atoms with Gasteiger partial charge in [0, 0.05) is 0 Å². The molecule has 0 aliphatic rings. The Hall–Kier alpha value is -2.69. The number of rotatable bonds is 11. The molecule has 0 fully saturated rings. The lowest BCUT2D eigenvalue weighted by Gasteiger charge is -2.26. The van der Waals surface area contributed by atoms with Gasteiger partial charge in [0.1, 0.15) is 18.6 Å². The van der Waals surface area contributed by atoms with Crippen molar-refractivity contribution >= 4 is 29.6 Å². The fourth-order valence-corrected chi connectivity index (χ4v) is 2.05. The van der Waals surface area contributed by atoms with Crippen molar-refractivity contribution < 1.29 is 29.1 Å². The molecular formula is C16H29N5O6. The summed E-state index contributed by atoms with van der Waals surface area (Å²) in [5.41, 5.74) is 10.8. The summed E-state index contributed by atoms with van der Waals surface area (Å²) in [6.07, 6.45) is -0.526. The lowest BCUT2D eigenvalue weighted by molar-refractivity contribution is -0.139. The van der Waals surface area contributed by atoms with E-state index in [1.54, 1.807) is 27.7 Å². The third-order valence-electron chi connectivity index (χ3n) is 3.72. The van der Waals surface area contributed by atoms with Gasteiger partial charge >= 0.3 is 5.97 Å². The maximum atomic E-state index is 12.5. The van der Waals surface area contributed by atoms with Crippen molar-refractivity contribution in [3.05, 3.63) is 0 Å². The van der Waals surface area contributed by atoms with Crippen LogP contribution in [0.4, 0.5) is 0 Å². The van der Waals surface area contributed by atoms with Crippen LogP contribution in [0.3, 0.4) is 0 Å². The molecule has 0 saturated heterocycles. The molecule has 154 valence electrons. The van der Waals surface area contributed by atoms with Crippen LogP contribution in [0.1, 0.15) is 34.1 Å². The number of amides is 4. The predicted molar refractivity (Wildman–Crippen MR) is 96.0 cm³/mol. The van der Waals surface area contributed by atoms with Crippen molar-refractivity contribution in [1.82, 2.24) is 16.0 Å². The minimum atomic E-state index is -1.37. The van der Waals surface area contributed by atoms with Crippen molar-refractivity contribution in [3.8, 4) is 0 Å². The lowest BCUT2D eigenvalue weighted by atomic mass is 10.00. The van der Waals surface area contributed by atoms with Gasteiger partial charge in [-0.05, 0) is 11.8 Å². The van der Waals surface area contributed by atoms with Crippen molar-refractivity contribution in [2.24, 2.45) is 23.3 Å². The third kappa shape index (κ3) is 8.99. The van der Waals surface area contributed by atoms with E-state index in [0.29, 0.717) is 0 Å². The summed E-state index contributed by atoms with van der Waals surface area (Å²) in [5, 5.41) is 15.5. The highest BCUT2D eigenvalue weighted by Gasteiger charge is 2.31. The van der Waals surface area contributed by atoms with Crippen LogP contribution < -0.4 is 27.4 Å². The summed E-state index contributed by atoms with van der Waals surface area (Å²) in [4.78, 5) is 58.4. The molecule has 0 aliphatic heterocycles. The van der Waals surface area contributed by atoms with Gasteiger partial charge in [0.25, 0.3) is 0 Å². The average Bonchev–Trinajstić information content (AvgIpc) is 2.54. The molecular weight excluding hydrogens is 358 g/mol. The Morgan fingerprint density at radius 2 is 1.44 bits per heavy atom. The van der Waals surface area contributed by atoms with Crippen LogP contribution in [0.2, 0.25) is 0 Å². The predicted octanol–water partition coefficient (Wildman–Crippen LogP) is -2.33. The van der Waals surface area contributed by atoms with Crippen molar-refractivity contribution in [1.29, 1.82) is 0 Å². The Morgan fingerprint density at radius 3 is 1.85 bits per heavy atom. The normalized spacial score (nSPS) is 14.2. The highest BCUT2D eigenvalue weighted by atomic mass is 16.4. The molecule has 0 aromatic heterocycles. The number of carboxylic acid groups (broad SMARTS) is 1. The van der Waals surface area contributed by atoms with E-state index in [2.05, 4.69) is 16.0 Å². The van der Waals surface area contributed by atoms with Gasteiger partial charge in [-0.3, -0.25) is 24.0 Å². The standard InChI is InChI=1S/C16H29N5O6/c1-7(2)12(18)15(26)21-13(8(3)4)16(27)20-9(5-10(17)22)14(25)19-6-11(23)24/h7-9,12-13H,5-6,18H2,1-4H3,(H2,17,22)(H,19,25)(H,20,27)(H,21,26)(H,23,24). The van der Waals surface area contributed by atoms with E-state index >= 15 is 0 Å². The number of carbonyl (C=O) groups excluding carboxylic acids is 4. The molecule has 0 spiro atoms. The molecule has 4 amide bonds. The first kappa shape index (κ1) is 24.3. The highest BCUT2D eigenvalue weighted by Crippen LogP contribution is 2.06. The molecule has 0 aromatic rings. The van der Waals surface area contributed by atoms with Crippen LogP contribution in [0.25, 0.3) is 0 Å². The molecule has 0 aromatic carbocycles. The van der Waals surface area contributed by atoms with E-state index in [-0.39, 0.29) is 11.8 Å². The Morgan fingerprint density at radius 1 is 0.889 bits per heavy atom. The zero-order chi connectivity index (χ0) is 21.3. The van der Waals surface area contributed by atoms with Crippen LogP contribution in [-0.4, -0.2) is 59.4 Å². The molecule has 0 radical (unpaired) electrons. The molecule has 0 rings (SSSR count). The molecule has 11 nitrogen and oxygen atoms in total. The second-order valence-corrected chi connectivity index (χ2v) is 6.84. The molecule has 0 bridgehead atoms. The van der Waals surface area contributed by atoms with E-state index in [4.69, 9.17) is 16.6 Å². The second kappa shape index (κ2) is 11.1. The number of carbonyl (C=O) groups is 5. The fourth-order valence-electron chi connectivity index (χ4n) is 2.05. The van der Waals surface area contributed by atoms with Crippen molar-refractivity contribution in [3.63, 3.8) is 0 Å². The van der Waals surface area contributed by atoms with Crippen LogP contribution in [-0.2, 0) is 24.0 Å². The molecule has 0 saturated carbocycles. The Bertz CT molecular complexity index is 578. The van der Waals surface area contributed by atoms with E-state index in [0.717, 1.165) is 0 Å². The number of nitrogens with one attached hydrogen (secondary N) is 3. The molecule has 3 atom stereocenters. The van der Waals surface area contributed by atoms with Gasteiger partial charge in [0.05, 0.1) is 12.5 Å². The lowest BCUT2D eigenvalue weighted by Crippen LogP contribution is -2.58. The van der Waals surface area contributed by atoms with E-state index in [1.165, 1.54) is 0 Å². The molecule has 3 unspecified atom stereocenters. The van der Waals surface area contributed by atoms with E-state index in [1.807, 2.05) is 0 Å². The SMILES string of the molecule is CC(C)C(N)C(=O)NC(C(=O)NC(CC(N)=O)C(=O)NCC(=O)O)C(C)C. The van der Waals surface area contributed by atoms with Crippen LogP contribution in [0.5, 0.6) is 0 Å². The smallest absolute Gasteiger partial charge is 0.322 e. The van der Waals surface area contributed by atoms with E-state index < -0.39 is 60.7 Å². The first-order valence-corrected chi connectivity index (χ1v) is 8.50. The van der Waals surface area contributed by atoms with Crippen LogP contribution >= 0.6 is 0 Å². The number of carboxylic acids is 1. The topological polar surface area (TPSA) is 194 Å². The first-order valence-electron chi connectivity index (χ1n) is 8.50. The second-order valence-electron chi connectivity index (χ2n) is 6.84. The van der Waals surface area contributed by atoms with Gasteiger partial charge in [0.15, 0.2) is 0 Å². The molecule has 0 aliphatic carbocycles. The minimum absolute atomic E-state index is 0.148. The van der Waals surface area contributed by atoms with Gasteiger partial charge in [-0.25, -0.2) is 0 Å². The Labute approximate surface area is 157 Å². The highest BCUT2D eigenvalue weighted by molar-refractivity contribution is 5.95. The molecule has 27 heavy (non-hydrogen) atoms. The van der Waals surface area contributed by atoms with E-state index in [9.17, 15) is 24.0 Å². The summed E-state index contributed by atoms with van der Waals surface area (Å²) in [5.74, 6) is -4.76. The van der Waals surface area contributed by atoms with Crippen molar-refractivity contribution in [2.45, 2.75) is 52.2 Å². The number of nitrogens with two attached hydrogens (primary N) is 2. The average molecular weight is 387 g/mol. The van der Waals surface area contributed by atoms with Gasteiger partial charge in [-0.2, -0.15) is 0 Å². The zero-order valence-corrected chi connectivity index (χ0v) is 15.9. The van der Waals surface area contributed by atoms with Crippen molar-refractivity contribution in [2.75, 3.05) is 6.54 Å². The van der Waals surface area contributed by atoms with Crippen LogP contribution in [0, 0.1) is 11.8 Å². The van der Waals surface area contributed by atoms with Gasteiger partial charge in [0.2, 0.25) is 23.6 Å². The Balaban J connectivity index is 5.21. The third-order valence-corrected chi connectivity index (χ3v) is 3.72. The first-order chi connectivity index (χ1) is 12.4. The molecule has 8 N–H and O–H groups in total. The molecule has 11 heteroatoms. The number of primary amides is 1. The number of hydrogen-bond acceptors (Lipinski definition) is 6. The molecule has 0 heterocycles. The zero-order valence-electron chi connectivity index (χ0n) is 15.9. The van der Waals surface area contributed by atoms with Gasteiger partial charge in [-0.1, -0.05) is 27.7 Å². The quantitative estimate of drug-likeness (QED) is 0.229. The van der Waals surface area contributed by atoms with Gasteiger partial charge < -0.3 is 32.5 Å². The monoisotopic (exact) mass is 387 g/mol. The summed E-state index contributed by atoms with van der Waals surface area (Å²) in [6.45, 7) is 6.18. The number of aliphatic carboxylic acids is 1. The largest absolute Gasteiger partial charge is 0.480 e. The number of hydrogen-bond donors (Lipinski definition) is 6.